The number of rotatable bonds is 4. The molecule has 0 saturated carbocycles. The molecule has 2 atom stereocenters. The quantitative estimate of drug-likeness (QED) is 0.788. The monoisotopic (exact) mass is 354 g/mol. The van der Waals surface area contributed by atoms with E-state index in [0.29, 0.717) is 5.56 Å². The second-order valence-corrected chi connectivity index (χ2v) is 6.97. The number of anilines is 1. The number of aromatic nitrogens is 1. The van der Waals surface area contributed by atoms with Crippen LogP contribution in [0.25, 0.3) is 0 Å². The van der Waals surface area contributed by atoms with Crippen LogP contribution in [0.4, 0.5) is 5.69 Å². The van der Waals surface area contributed by atoms with Crippen LogP contribution < -0.4 is 4.90 Å². The Balaban J connectivity index is 1.77. The van der Waals surface area contributed by atoms with Gasteiger partial charge < -0.3 is 14.2 Å². The van der Waals surface area contributed by atoms with Crippen LogP contribution in [0, 0.1) is 13.8 Å². The molecule has 0 aliphatic carbocycles. The van der Waals surface area contributed by atoms with Crippen molar-refractivity contribution >= 4 is 17.6 Å². The van der Waals surface area contributed by atoms with Crippen LogP contribution in [0.5, 0.6) is 0 Å². The lowest BCUT2D eigenvalue weighted by molar-refractivity contribution is -0.126. The fraction of sp³-hybridized carbons (Fsp3) is 0.429. The number of hydrogen-bond acceptors (Lipinski definition) is 3. The molecule has 3 rings (SSSR count). The number of fused-ring (bicyclic) bond motifs is 1. The van der Waals surface area contributed by atoms with Crippen molar-refractivity contribution < 1.29 is 14.3 Å². The minimum absolute atomic E-state index is 0.0613. The minimum atomic E-state index is -0.833. The van der Waals surface area contributed by atoms with Crippen LogP contribution in [0.2, 0.25) is 0 Å². The van der Waals surface area contributed by atoms with E-state index in [1.54, 1.807) is 11.8 Å². The molecule has 1 aromatic heterocycles. The maximum Gasteiger partial charge on any atom is 0.340 e. The van der Waals surface area contributed by atoms with Gasteiger partial charge in [-0.15, -0.1) is 0 Å². The normalized spacial score (nSPS) is 17.1. The van der Waals surface area contributed by atoms with Crippen molar-refractivity contribution in [1.82, 2.24) is 4.57 Å². The van der Waals surface area contributed by atoms with Crippen molar-refractivity contribution in [2.75, 3.05) is 4.90 Å². The van der Waals surface area contributed by atoms with E-state index in [0.717, 1.165) is 35.6 Å². The molecule has 0 spiro atoms. The Kier molecular flexibility index (Phi) is 4.90. The Labute approximate surface area is 154 Å². The Hall–Kier alpha value is -2.56. The number of nitrogens with zero attached hydrogens (tertiary/aromatic N) is 2. The maximum atomic E-state index is 12.9. The van der Waals surface area contributed by atoms with Crippen LogP contribution in [-0.4, -0.2) is 28.6 Å². The number of benzene rings is 1. The molecule has 2 heterocycles. The summed E-state index contributed by atoms with van der Waals surface area (Å²) in [7, 11) is 0. The molecule has 138 valence electrons. The smallest absolute Gasteiger partial charge is 0.340 e. The summed E-state index contributed by atoms with van der Waals surface area (Å²) in [5.41, 5.74) is 4.47. The zero-order chi connectivity index (χ0) is 19.0. The van der Waals surface area contributed by atoms with E-state index in [-0.39, 0.29) is 11.9 Å². The lowest BCUT2D eigenvalue weighted by Crippen LogP contribution is -2.43. The molecule has 1 aliphatic rings. The van der Waals surface area contributed by atoms with Crippen molar-refractivity contribution in [2.45, 2.75) is 59.7 Å². The van der Waals surface area contributed by atoms with Gasteiger partial charge in [0.1, 0.15) is 0 Å². The van der Waals surface area contributed by atoms with E-state index in [2.05, 4.69) is 4.57 Å². The standard InChI is InChI=1S/C21H26N2O3/c1-6-22-13(2)12-18(15(22)4)21(25)26-16(5)20(24)23-14(3)11-17-9-7-8-10-19(17)23/h7-10,12,14,16H,6,11H2,1-5H3/t14-,16+/m1/s1. The van der Waals surface area contributed by atoms with Crippen LogP contribution >= 0.6 is 0 Å². The number of esters is 1. The molecule has 0 unspecified atom stereocenters. The van der Waals surface area contributed by atoms with Crippen LogP contribution in [0.3, 0.4) is 0 Å². The highest BCUT2D eigenvalue weighted by molar-refractivity contribution is 6.01. The number of carbonyl (C=O) groups is 2. The zero-order valence-corrected chi connectivity index (χ0v) is 16.1. The molecule has 1 aliphatic heterocycles. The number of amides is 1. The maximum absolute atomic E-state index is 12.9. The van der Waals surface area contributed by atoms with Gasteiger partial charge in [0.15, 0.2) is 6.10 Å². The van der Waals surface area contributed by atoms with Gasteiger partial charge in [-0.25, -0.2) is 4.79 Å². The second kappa shape index (κ2) is 6.98. The van der Waals surface area contributed by atoms with Crippen molar-refractivity contribution in [3.05, 3.63) is 52.8 Å². The Morgan fingerprint density at radius 3 is 2.62 bits per heavy atom. The highest BCUT2D eigenvalue weighted by Gasteiger charge is 2.34. The molecular formula is C21H26N2O3. The molecule has 0 N–H and O–H groups in total. The summed E-state index contributed by atoms with van der Waals surface area (Å²) in [5.74, 6) is -0.626. The molecule has 0 radical (unpaired) electrons. The third kappa shape index (κ3) is 3.02. The number of carbonyl (C=O) groups excluding carboxylic acids is 2. The van der Waals surface area contributed by atoms with E-state index < -0.39 is 12.1 Å². The highest BCUT2D eigenvalue weighted by atomic mass is 16.5. The van der Waals surface area contributed by atoms with Gasteiger partial charge in [-0.2, -0.15) is 0 Å². The molecule has 0 fully saturated rings. The van der Waals surface area contributed by atoms with Crippen LogP contribution in [-0.2, 0) is 22.5 Å². The Morgan fingerprint density at radius 2 is 1.96 bits per heavy atom. The molecule has 1 aromatic carbocycles. The van der Waals surface area contributed by atoms with Gasteiger partial charge in [0.2, 0.25) is 0 Å². The SMILES string of the molecule is CCn1c(C)cc(C(=O)O[C@@H](C)C(=O)N2c3ccccc3C[C@H]2C)c1C. The van der Waals surface area contributed by atoms with Crippen molar-refractivity contribution in [3.8, 4) is 0 Å². The lowest BCUT2D eigenvalue weighted by atomic mass is 10.1. The summed E-state index contributed by atoms with van der Waals surface area (Å²) < 4.78 is 7.58. The molecule has 0 saturated heterocycles. The predicted octanol–water partition coefficient (Wildman–Crippen LogP) is 3.65. The van der Waals surface area contributed by atoms with E-state index in [9.17, 15) is 9.59 Å². The molecule has 5 nitrogen and oxygen atoms in total. The first-order chi connectivity index (χ1) is 12.3. The summed E-state index contributed by atoms with van der Waals surface area (Å²) >= 11 is 0. The average Bonchev–Trinajstić information content (AvgIpc) is 3.09. The van der Waals surface area contributed by atoms with Gasteiger partial charge >= 0.3 is 5.97 Å². The molecule has 26 heavy (non-hydrogen) atoms. The molecule has 2 aromatic rings. The first-order valence-electron chi connectivity index (χ1n) is 9.13. The molecule has 1 amide bonds. The zero-order valence-electron chi connectivity index (χ0n) is 16.1. The van der Waals surface area contributed by atoms with E-state index in [1.165, 1.54) is 0 Å². The van der Waals surface area contributed by atoms with Crippen molar-refractivity contribution in [2.24, 2.45) is 0 Å². The van der Waals surface area contributed by atoms with E-state index in [4.69, 9.17) is 4.74 Å². The first kappa shape index (κ1) is 18.2. The third-order valence-electron chi connectivity index (χ3n) is 5.19. The third-order valence-corrected chi connectivity index (χ3v) is 5.19. The Morgan fingerprint density at radius 1 is 1.27 bits per heavy atom. The second-order valence-electron chi connectivity index (χ2n) is 6.97. The molecule has 0 bridgehead atoms. The summed E-state index contributed by atoms with van der Waals surface area (Å²) in [5, 5.41) is 0. The summed E-state index contributed by atoms with van der Waals surface area (Å²) in [4.78, 5) is 27.3. The highest BCUT2D eigenvalue weighted by Crippen LogP contribution is 2.32. The van der Waals surface area contributed by atoms with Gasteiger partial charge in [-0.05, 0) is 58.7 Å². The van der Waals surface area contributed by atoms with Gasteiger partial charge in [-0.1, -0.05) is 18.2 Å². The topological polar surface area (TPSA) is 51.5 Å². The lowest BCUT2D eigenvalue weighted by Gasteiger charge is -2.25. The van der Waals surface area contributed by atoms with Crippen LogP contribution in [0.15, 0.2) is 30.3 Å². The van der Waals surface area contributed by atoms with E-state index >= 15 is 0 Å². The predicted molar refractivity (Wildman–Crippen MR) is 102 cm³/mol. The fourth-order valence-electron chi connectivity index (χ4n) is 3.87. The van der Waals surface area contributed by atoms with Crippen molar-refractivity contribution in [3.63, 3.8) is 0 Å². The fourth-order valence-corrected chi connectivity index (χ4v) is 3.87. The van der Waals surface area contributed by atoms with Gasteiger partial charge in [0.25, 0.3) is 5.91 Å². The number of para-hydroxylation sites is 1. The molecule has 5 heteroatoms. The van der Waals surface area contributed by atoms with Gasteiger partial charge in [0, 0.05) is 29.7 Å². The summed E-state index contributed by atoms with van der Waals surface area (Å²) in [6, 6.07) is 9.77. The first-order valence-corrected chi connectivity index (χ1v) is 9.13. The van der Waals surface area contributed by atoms with Gasteiger partial charge in [-0.3, -0.25) is 4.79 Å². The summed E-state index contributed by atoms with van der Waals surface area (Å²) in [6.45, 7) is 10.4. The molecular weight excluding hydrogens is 328 g/mol. The number of hydrogen-bond donors (Lipinski definition) is 0. The Bertz CT molecular complexity index is 853. The number of aryl methyl sites for hydroxylation is 1. The number of ether oxygens (including phenoxy) is 1. The average molecular weight is 354 g/mol. The van der Waals surface area contributed by atoms with E-state index in [1.807, 2.05) is 58.0 Å². The minimum Gasteiger partial charge on any atom is -0.449 e. The van der Waals surface area contributed by atoms with Crippen molar-refractivity contribution in [1.29, 1.82) is 0 Å². The van der Waals surface area contributed by atoms with Crippen LogP contribution in [0.1, 0.15) is 48.1 Å². The largest absolute Gasteiger partial charge is 0.449 e. The summed E-state index contributed by atoms with van der Waals surface area (Å²) in [6.07, 6.45) is -0.0129. The van der Waals surface area contributed by atoms with Gasteiger partial charge in [0.05, 0.1) is 5.56 Å².